The lowest BCUT2D eigenvalue weighted by atomic mass is 9.95. The number of thiazole rings is 1. The van der Waals surface area contributed by atoms with Gasteiger partial charge in [-0.2, -0.15) is 0 Å². The fourth-order valence-electron chi connectivity index (χ4n) is 4.21. The number of carbonyl (C=O) groups is 1. The lowest BCUT2D eigenvalue weighted by Crippen LogP contribution is -2.23. The highest BCUT2D eigenvalue weighted by Crippen LogP contribution is 2.36. The van der Waals surface area contributed by atoms with E-state index in [1.807, 2.05) is 34.9 Å². The van der Waals surface area contributed by atoms with Crippen molar-refractivity contribution < 1.29 is 9.90 Å². The van der Waals surface area contributed by atoms with E-state index in [0.29, 0.717) is 30.9 Å². The Morgan fingerprint density at radius 3 is 2.63 bits per heavy atom. The van der Waals surface area contributed by atoms with Crippen LogP contribution in [0.3, 0.4) is 0 Å². The maximum absolute atomic E-state index is 12.8. The fraction of sp³-hybridized carbons (Fsp3) is 0.261. The molecule has 2 heterocycles. The van der Waals surface area contributed by atoms with Crippen LogP contribution in [0.15, 0.2) is 58.5 Å². The minimum absolute atomic E-state index is 0.0907. The van der Waals surface area contributed by atoms with Crippen molar-refractivity contribution in [2.45, 2.75) is 38.1 Å². The number of para-hydroxylation sites is 1. The maximum Gasteiger partial charge on any atom is 0.279 e. The first-order valence-corrected chi connectivity index (χ1v) is 11.3. The van der Waals surface area contributed by atoms with Crippen LogP contribution in [0.5, 0.6) is 5.88 Å². The molecule has 3 aromatic rings. The minimum atomic E-state index is -0.356. The minimum Gasteiger partial charge on any atom is -0.493 e. The van der Waals surface area contributed by atoms with Gasteiger partial charge in [-0.15, -0.1) is 0 Å². The Morgan fingerprint density at radius 2 is 1.87 bits per heavy atom. The molecule has 1 N–H and O–H groups in total. The zero-order valence-electron chi connectivity index (χ0n) is 16.2. The zero-order chi connectivity index (χ0) is 20.7. The third-order valence-corrected chi connectivity index (χ3v) is 6.94. The Hall–Kier alpha value is -2.70. The fourth-order valence-corrected chi connectivity index (χ4v) is 5.54. The van der Waals surface area contributed by atoms with Crippen LogP contribution < -0.4 is 15.4 Å². The molecule has 0 unspecified atom stereocenters. The number of hydrogen-bond acceptors (Lipinski definition) is 4. The van der Waals surface area contributed by atoms with Crippen LogP contribution in [0.25, 0.3) is 5.57 Å². The summed E-state index contributed by atoms with van der Waals surface area (Å²) in [7, 11) is 0. The SMILES string of the molecule is O=C1N=c2ccc(Cl)cc2=C1c1sc(=Nc2ccccc2)n(C2CCCCC2)c1O. The van der Waals surface area contributed by atoms with Crippen molar-refractivity contribution in [3.63, 3.8) is 0 Å². The van der Waals surface area contributed by atoms with E-state index in [0.717, 1.165) is 31.4 Å². The van der Waals surface area contributed by atoms with Gasteiger partial charge in [0.05, 0.1) is 16.6 Å². The lowest BCUT2D eigenvalue weighted by molar-refractivity contribution is -0.112. The molecule has 152 valence electrons. The van der Waals surface area contributed by atoms with E-state index in [-0.39, 0.29) is 17.8 Å². The van der Waals surface area contributed by atoms with Crippen LogP contribution in [0.1, 0.15) is 43.0 Å². The first-order chi connectivity index (χ1) is 14.6. The Kier molecular flexibility index (Phi) is 5.05. The molecule has 0 radical (unpaired) electrons. The normalized spacial score (nSPS) is 17.3. The Labute approximate surface area is 182 Å². The van der Waals surface area contributed by atoms with E-state index in [2.05, 4.69) is 4.99 Å². The summed E-state index contributed by atoms with van der Waals surface area (Å²) in [6.45, 7) is 0. The Bertz CT molecular complexity index is 1320. The van der Waals surface area contributed by atoms with E-state index < -0.39 is 0 Å². The lowest BCUT2D eigenvalue weighted by Gasteiger charge is -2.23. The molecular weight excluding hydrogens is 418 g/mol. The summed E-state index contributed by atoms with van der Waals surface area (Å²) in [5, 5.41) is 13.0. The summed E-state index contributed by atoms with van der Waals surface area (Å²) in [6.07, 6.45) is 5.43. The van der Waals surface area contributed by atoms with Gasteiger partial charge in [0.1, 0.15) is 4.88 Å². The number of aromatic nitrogens is 1. The second kappa shape index (κ2) is 7.85. The largest absolute Gasteiger partial charge is 0.493 e. The van der Waals surface area contributed by atoms with Crippen LogP contribution >= 0.6 is 22.9 Å². The molecule has 7 heteroatoms. The van der Waals surface area contributed by atoms with Crippen molar-refractivity contribution in [2.24, 2.45) is 9.98 Å². The predicted molar refractivity (Wildman–Crippen MR) is 118 cm³/mol. The average molecular weight is 438 g/mol. The van der Waals surface area contributed by atoms with Gasteiger partial charge in [-0.3, -0.25) is 9.36 Å². The van der Waals surface area contributed by atoms with E-state index in [1.54, 1.807) is 18.2 Å². The van der Waals surface area contributed by atoms with Gasteiger partial charge in [-0.1, -0.05) is 60.4 Å². The highest BCUT2D eigenvalue weighted by Gasteiger charge is 2.28. The van der Waals surface area contributed by atoms with E-state index in [9.17, 15) is 9.90 Å². The smallest absolute Gasteiger partial charge is 0.279 e. The molecule has 1 fully saturated rings. The monoisotopic (exact) mass is 437 g/mol. The van der Waals surface area contributed by atoms with Crippen molar-refractivity contribution in [1.82, 2.24) is 4.57 Å². The number of aromatic hydroxyl groups is 1. The number of halogens is 1. The summed E-state index contributed by atoms with van der Waals surface area (Å²) in [4.78, 5) is 22.9. The van der Waals surface area contributed by atoms with Gasteiger partial charge in [0, 0.05) is 16.3 Å². The third kappa shape index (κ3) is 3.40. The number of carbonyl (C=O) groups excluding carboxylic acids is 1. The van der Waals surface area contributed by atoms with Gasteiger partial charge in [0.2, 0.25) is 5.88 Å². The number of hydrogen-bond donors (Lipinski definition) is 1. The molecule has 1 saturated carbocycles. The van der Waals surface area contributed by atoms with Gasteiger partial charge in [0.25, 0.3) is 5.91 Å². The van der Waals surface area contributed by atoms with E-state index >= 15 is 0 Å². The molecule has 30 heavy (non-hydrogen) atoms. The molecule has 0 atom stereocenters. The second-order valence-corrected chi connectivity index (χ2v) is 9.01. The quantitative estimate of drug-likeness (QED) is 0.672. The summed E-state index contributed by atoms with van der Waals surface area (Å²) >= 11 is 7.51. The van der Waals surface area contributed by atoms with Crippen molar-refractivity contribution in [1.29, 1.82) is 0 Å². The van der Waals surface area contributed by atoms with Crippen LogP contribution in [-0.4, -0.2) is 15.6 Å². The molecule has 2 aromatic carbocycles. The van der Waals surface area contributed by atoms with Crippen LogP contribution in [-0.2, 0) is 4.79 Å². The van der Waals surface area contributed by atoms with E-state index in [1.165, 1.54) is 17.8 Å². The molecule has 5 rings (SSSR count). The van der Waals surface area contributed by atoms with Gasteiger partial charge >= 0.3 is 0 Å². The molecule has 1 aliphatic heterocycles. The molecule has 5 nitrogen and oxygen atoms in total. The molecule has 0 spiro atoms. The first kappa shape index (κ1) is 19.3. The van der Waals surface area contributed by atoms with Gasteiger partial charge in [-0.05, 0) is 43.2 Å². The van der Waals surface area contributed by atoms with Crippen LogP contribution in [0, 0.1) is 0 Å². The highest BCUT2D eigenvalue weighted by molar-refractivity contribution is 7.11. The zero-order valence-corrected chi connectivity index (χ0v) is 17.8. The number of fused-ring (bicyclic) bond motifs is 1. The molecule has 1 aromatic heterocycles. The summed E-state index contributed by atoms with van der Waals surface area (Å²) in [5.74, 6) is -0.265. The molecule has 1 aliphatic carbocycles. The van der Waals surface area contributed by atoms with Crippen LogP contribution in [0.4, 0.5) is 5.69 Å². The number of benzene rings is 2. The summed E-state index contributed by atoms with van der Waals surface area (Å²) in [6, 6.07) is 15.0. The standard InChI is InChI=1S/C23H20ClN3O2S/c24-14-11-12-18-17(13-14)19(21(28)26-18)20-22(29)27(16-9-5-2-6-10-16)23(30-20)25-15-7-3-1-4-8-15/h1,3-4,7-8,11-13,16,29H,2,5-6,9-10H2. The maximum atomic E-state index is 12.8. The molecule has 2 aliphatic rings. The van der Waals surface area contributed by atoms with Gasteiger partial charge < -0.3 is 5.11 Å². The number of nitrogens with zero attached hydrogens (tertiary/aromatic N) is 3. The molecule has 1 amide bonds. The first-order valence-electron chi connectivity index (χ1n) is 10.1. The van der Waals surface area contributed by atoms with Crippen molar-refractivity contribution in [3.8, 4) is 5.88 Å². The van der Waals surface area contributed by atoms with Crippen molar-refractivity contribution in [2.75, 3.05) is 0 Å². The van der Waals surface area contributed by atoms with Crippen molar-refractivity contribution in [3.05, 3.63) is 73.8 Å². The molecule has 0 saturated heterocycles. The second-order valence-electron chi connectivity index (χ2n) is 7.60. The average Bonchev–Trinajstić information content (AvgIpc) is 3.24. The van der Waals surface area contributed by atoms with Crippen molar-refractivity contribution >= 4 is 40.1 Å². The molecular formula is C23H20ClN3O2S. The van der Waals surface area contributed by atoms with Crippen LogP contribution in [0.2, 0.25) is 5.02 Å². The van der Waals surface area contributed by atoms with Gasteiger partial charge in [0.15, 0.2) is 4.80 Å². The van der Waals surface area contributed by atoms with Gasteiger partial charge in [-0.25, -0.2) is 9.98 Å². The Balaban J connectivity index is 1.77. The topological polar surface area (TPSA) is 67.0 Å². The highest BCUT2D eigenvalue weighted by atomic mass is 35.5. The predicted octanol–water partition coefficient (Wildman–Crippen LogP) is 4.01. The number of rotatable bonds is 3. The Morgan fingerprint density at radius 1 is 1.10 bits per heavy atom. The number of amides is 1. The molecule has 0 bridgehead atoms. The third-order valence-electron chi connectivity index (χ3n) is 5.64. The summed E-state index contributed by atoms with van der Waals surface area (Å²) < 4.78 is 1.91. The van der Waals surface area contributed by atoms with E-state index in [4.69, 9.17) is 16.6 Å². The summed E-state index contributed by atoms with van der Waals surface area (Å²) in [5.41, 5.74) is 1.21.